The molecule has 0 radical (unpaired) electrons. The number of likely N-dealkylation sites (tertiary alicyclic amines) is 2. The molecule has 6 heteroatoms. The van der Waals surface area contributed by atoms with Gasteiger partial charge in [-0.3, -0.25) is 0 Å². The molecule has 1 N–H and O–H groups in total. The molecule has 2 aliphatic rings. The predicted molar refractivity (Wildman–Crippen MR) is 80.2 cm³/mol. The molecule has 6 nitrogen and oxygen atoms in total. The molecule has 0 aromatic rings. The molecule has 2 aliphatic heterocycles. The van der Waals surface area contributed by atoms with Gasteiger partial charge in [0.1, 0.15) is 5.60 Å². The Morgan fingerprint density at radius 1 is 1.05 bits per heavy atom. The molecular weight excluding hydrogens is 270 g/mol. The average molecular weight is 297 g/mol. The average Bonchev–Trinajstić information content (AvgIpc) is 2.91. The van der Waals surface area contributed by atoms with E-state index in [-0.39, 0.29) is 18.2 Å². The molecular formula is C15H27N3O3. The summed E-state index contributed by atoms with van der Waals surface area (Å²) < 4.78 is 5.39. The van der Waals surface area contributed by atoms with Gasteiger partial charge in [-0.1, -0.05) is 0 Å². The molecule has 1 atom stereocenters. The maximum Gasteiger partial charge on any atom is 0.410 e. The Balaban J connectivity index is 1.82. The molecule has 2 fully saturated rings. The van der Waals surface area contributed by atoms with E-state index in [1.807, 2.05) is 25.7 Å². The van der Waals surface area contributed by atoms with E-state index < -0.39 is 5.60 Å². The maximum absolute atomic E-state index is 12.1. The first kappa shape index (κ1) is 15.9. The third kappa shape index (κ3) is 4.79. The minimum Gasteiger partial charge on any atom is -0.444 e. The van der Waals surface area contributed by atoms with Crippen molar-refractivity contribution in [2.24, 2.45) is 0 Å². The fourth-order valence-electron chi connectivity index (χ4n) is 2.77. The van der Waals surface area contributed by atoms with Gasteiger partial charge >= 0.3 is 12.1 Å². The lowest BCUT2D eigenvalue weighted by Crippen LogP contribution is -2.53. The first-order valence-electron chi connectivity index (χ1n) is 7.88. The summed E-state index contributed by atoms with van der Waals surface area (Å²) >= 11 is 0. The van der Waals surface area contributed by atoms with Crippen LogP contribution in [0.4, 0.5) is 9.59 Å². The standard InChI is InChI=1S/C15H27N3O3/c1-15(2,3)21-14(20)18-10-6-7-12(11-18)16-13(19)17-8-4-5-9-17/h12H,4-11H2,1-3H3,(H,16,19)/t12-/m0/s1. The Bertz CT molecular complexity index is 386. The number of nitrogens with one attached hydrogen (secondary N) is 1. The Labute approximate surface area is 126 Å². The second-order valence-electron chi connectivity index (χ2n) is 6.91. The smallest absolute Gasteiger partial charge is 0.410 e. The van der Waals surface area contributed by atoms with Crippen LogP contribution in [-0.2, 0) is 4.74 Å². The van der Waals surface area contributed by atoms with Crippen LogP contribution in [0, 0.1) is 0 Å². The van der Waals surface area contributed by atoms with Crippen molar-refractivity contribution in [1.29, 1.82) is 0 Å². The molecule has 2 rings (SSSR count). The quantitative estimate of drug-likeness (QED) is 0.807. The summed E-state index contributed by atoms with van der Waals surface area (Å²) in [6.45, 7) is 8.51. The summed E-state index contributed by atoms with van der Waals surface area (Å²) in [6.07, 6.45) is 3.69. The van der Waals surface area contributed by atoms with Gasteiger partial charge in [0.05, 0.1) is 0 Å². The van der Waals surface area contributed by atoms with Crippen LogP contribution < -0.4 is 5.32 Å². The van der Waals surface area contributed by atoms with E-state index in [0.717, 1.165) is 38.8 Å². The summed E-state index contributed by atoms with van der Waals surface area (Å²) in [5, 5.41) is 3.05. The second-order valence-corrected chi connectivity index (χ2v) is 6.91. The Morgan fingerprint density at radius 2 is 1.67 bits per heavy atom. The fourth-order valence-corrected chi connectivity index (χ4v) is 2.77. The van der Waals surface area contributed by atoms with E-state index in [9.17, 15) is 9.59 Å². The van der Waals surface area contributed by atoms with Gasteiger partial charge in [-0.25, -0.2) is 9.59 Å². The predicted octanol–water partition coefficient (Wildman–Crippen LogP) is 2.19. The number of carbonyl (C=O) groups excluding carboxylic acids is 2. The monoisotopic (exact) mass is 297 g/mol. The number of carbonyl (C=O) groups is 2. The number of piperidine rings is 1. The van der Waals surface area contributed by atoms with Crippen molar-refractivity contribution in [3.05, 3.63) is 0 Å². The SMILES string of the molecule is CC(C)(C)OC(=O)N1CCC[C@H](NC(=O)N2CCCC2)C1. The number of hydrogen-bond acceptors (Lipinski definition) is 3. The Kier molecular flexibility index (Phi) is 4.96. The number of nitrogens with zero attached hydrogens (tertiary/aromatic N) is 2. The summed E-state index contributed by atoms with van der Waals surface area (Å²) in [5.41, 5.74) is -0.483. The van der Waals surface area contributed by atoms with Gasteiger partial charge in [0.2, 0.25) is 0 Å². The molecule has 0 saturated carbocycles. The van der Waals surface area contributed by atoms with Crippen LogP contribution in [-0.4, -0.2) is 59.7 Å². The normalized spacial score (nSPS) is 23.1. The highest BCUT2D eigenvalue weighted by molar-refractivity contribution is 5.75. The molecule has 0 aliphatic carbocycles. The third-order valence-electron chi connectivity index (χ3n) is 3.79. The number of amides is 3. The zero-order valence-corrected chi connectivity index (χ0v) is 13.4. The first-order chi connectivity index (χ1) is 9.85. The second kappa shape index (κ2) is 6.54. The van der Waals surface area contributed by atoms with Crippen LogP contribution in [0.5, 0.6) is 0 Å². The van der Waals surface area contributed by atoms with Crippen molar-refractivity contribution in [3.63, 3.8) is 0 Å². The largest absolute Gasteiger partial charge is 0.444 e. The molecule has 0 spiro atoms. The topological polar surface area (TPSA) is 61.9 Å². The summed E-state index contributed by atoms with van der Waals surface area (Å²) in [7, 11) is 0. The Morgan fingerprint density at radius 3 is 2.29 bits per heavy atom. The van der Waals surface area contributed by atoms with Crippen molar-refractivity contribution < 1.29 is 14.3 Å². The molecule has 21 heavy (non-hydrogen) atoms. The van der Waals surface area contributed by atoms with Gasteiger partial charge in [-0.15, -0.1) is 0 Å². The van der Waals surface area contributed by atoms with Crippen LogP contribution >= 0.6 is 0 Å². The van der Waals surface area contributed by atoms with E-state index >= 15 is 0 Å². The van der Waals surface area contributed by atoms with E-state index in [1.165, 1.54) is 0 Å². The van der Waals surface area contributed by atoms with Crippen LogP contribution in [0.25, 0.3) is 0 Å². The minimum absolute atomic E-state index is 0.00328. The van der Waals surface area contributed by atoms with Crippen molar-refractivity contribution in [2.45, 2.75) is 58.1 Å². The van der Waals surface area contributed by atoms with E-state index in [4.69, 9.17) is 4.74 Å². The lowest BCUT2D eigenvalue weighted by Gasteiger charge is -2.35. The molecule has 3 amide bonds. The van der Waals surface area contributed by atoms with E-state index in [2.05, 4.69) is 5.32 Å². The lowest BCUT2D eigenvalue weighted by molar-refractivity contribution is 0.0189. The summed E-state index contributed by atoms with van der Waals surface area (Å²) in [5.74, 6) is 0. The van der Waals surface area contributed by atoms with Crippen molar-refractivity contribution >= 4 is 12.1 Å². The zero-order valence-electron chi connectivity index (χ0n) is 13.4. The molecule has 0 aromatic carbocycles. The molecule has 0 aromatic heterocycles. The van der Waals surface area contributed by atoms with Gasteiger partial charge in [0.15, 0.2) is 0 Å². The van der Waals surface area contributed by atoms with Crippen LogP contribution in [0.2, 0.25) is 0 Å². The van der Waals surface area contributed by atoms with E-state index in [1.54, 1.807) is 4.90 Å². The third-order valence-corrected chi connectivity index (χ3v) is 3.79. The van der Waals surface area contributed by atoms with Crippen LogP contribution in [0.3, 0.4) is 0 Å². The fraction of sp³-hybridized carbons (Fsp3) is 0.867. The number of ether oxygens (including phenoxy) is 1. The summed E-state index contributed by atoms with van der Waals surface area (Å²) in [4.78, 5) is 27.7. The van der Waals surface area contributed by atoms with Gasteiger partial charge in [0, 0.05) is 32.2 Å². The van der Waals surface area contributed by atoms with Crippen LogP contribution in [0.1, 0.15) is 46.5 Å². The lowest BCUT2D eigenvalue weighted by atomic mass is 10.1. The van der Waals surface area contributed by atoms with Crippen molar-refractivity contribution in [1.82, 2.24) is 15.1 Å². The molecule has 0 unspecified atom stereocenters. The maximum atomic E-state index is 12.1. The number of urea groups is 1. The highest BCUT2D eigenvalue weighted by Gasteiger charge is 2.29. The Hall–Kier alpha value is -1.46. The molecule has 2 heterocycles. The van der Waals surface area contributed by atoms with Gasteiger partial charge in [-0.05, 0) is 46.5 Å². The highest BCUT2D eigenvalue weighted by Crippen LogP contribution is 2.16. The zero-order chi connectivity index (χ0) is 15.5. The van der Waals surface area contributed by atoms with Gasteiger partial charge in [-0.2, -0.15) is 0 Å². The minimum atomic E-state index is -0.483. The highest BCUT2D eigenvalue weighted by atomic mass is 16.6. The van der Waals surface area contributed by atoms with Gasteiger partial charge in [0.25, 0.3) is 0 Å². The molecule has 0 bridgehead atoms. The van der Waals surface area contributed by atoms with Crippen molar-refractivity contribution in [3.8, 4) is 0 Å². The van der Waals surface area contributed by atoms with Gasteiger partial charge < -0.3 is 19.9 Å². The van der Waals surface area contributed by atoms with Crippen LogP contribution in [0.15, 0.2) is 0 Å². The first-order valence-corrected chi connectivity index (χ1v) is 7.88. The van der Waals surface area contributed by atoms with E-state index in [0.29, 0.717) is 13.1 Å². The summed E-state index contributed by atoms with van der Waals surface area (Å²) in [6, 6.07) is 0.0305. The number of rotatable bonds is 1. The number of hydrogen-bond donors (Lipinski definition) is 1. The molecule has 2 saturated heterocycles. The van der Waals surface area contributed by atoms with Crippen molar-refractivity contribution in [2.75, 3.05) is 26.2 Å². The molecule has 120 valence electrons.